The maximum absolute atomic E-state index is 13.6. The number of hydrogen-bond acceptors (Lipinski definition) is 4. The first-order valence-electron chi connectivity index (χ1n) is 6.04. The van der Waals surface area contributed by atoms with Crippen LogP contribution in [0.2, 0.25) is 0 Å². The van der Waals surface area contributed by atoms with Gasteiger partial charge in [-0.1, -0.05) is 0 Å². The predicted octanol–water partition coefficient (Wildman–Crippen LogP) is 2.98. The van der Waals surface area contributed by atoms with E-state index >= 15 is 0 Å². The lowest BCUT2D eigenvalue weighted by atomic mass is 10.0. The Morgan fingerprint density at radius 1 is 0.519 bits per heavy atom. The maximum atomic E-state index is 13.6. The largest absolute Gasteiger partial charge is 0.394 e. The van der Waals surface area contributed by atoms with Crippen LogP contribution in [0, 0.1) is 46.5 Å². The van der Waals surface area contributed by atoms with E-state index in [2.05, 4.69) is 0 Å². The van der Waals surface area contributed by atoms with Gasteiger partial charge in [0.05, 0.1) is 11.1 Å². The Balaban J connectivity index is 0.000000646. The zero-order chi connectivity index (χ0) is 21.4. The molecule has 0 aliphatic heterocycles. The van der Waals surface area contributed by atoms with Crippen molar-refractivity contribution >= 4 is 21.8 Å². The molecule has 0 aliphatic rings. The monoisotopic (exact) mass is 426 g/mol. The molecule has 2 aromatic carbocycles. The molecule has 0 heterocycles. The second-order valence-electron chi connectivity index (χ2n) is 4.54. The van der Waals surface area contributed by atoms with Gasteiger partial charge in [0.15, 0.2) is 46.5 Å². The van der Waals surface area contributed by atoms with Gasteiger partial charge < -0.3 is 11.5 Å². The molecule has 2 rings (SSSR count). The van der Waals surface area contributed by atoms with Gasteiger partial charge in [-0.05, 0) is 0 Å². The molecule has 0 spiro atoms. The number of benzene rings is 2. The van der Waals surface area contributed by atoms with Crippen LogP contribution >= 0.6 is 0 Å². The Morgan fingerprint density at radius 3 is 0.815 bits per heavy atom. The summed E-state index contributed by atoms with van der Waals surface area (Å²) in [6, 6.07) is 0. The van der Waals surface area contributed by atoms with Crippen molar-refractivity contribution in [3.63, 3.8) is 0 Å². The number of rotatable bonds is 1. The summed E-state index contributed by atoms with van der Waals surface area (Å²) in [5.41, 5.74) is 2.23. The average molecular weight is 426 g/mol. The standard InChI is InChI=1S/C12H4F8N2.H2O4S/c13-3-1(4(14)8(18)11(21)7(3)17)2-5(15)9(19)12(22)10(20)6(2)16;1-5(2,3)4/h21-22H2;(H2,1,2,3,4). The fraction of sp³-hybridized carbons (Fsp3) is 0. The Hall–Kier alpha value is -2.65. The van der Waals surface area contributed by atoms with Gasteiger partial charge in [-0.3, -0.25) is 9.11 Å². The second-order valence-corrected chi connectivity index (χ2v) is 5.43. The number of hydrogen-bond donors (Lipinski definition) is 4. The average Bonchev–Trinajstić information content (AvgIpc) is 2.56. The van der Waals surface area contributed by atoms with Gasteiger partial charge in [-0.25, -0.2) is 35.1 Å². The molecule has 0 fully saturated rings. The van der Waals surface area contributed by atoms with Crippen molar-refractivity contribution in [1.82, 2.24) is 0 Å². The molecule has 2 aromatic rings. The van der Waals surface area contributed by atoms with Crippen molar-refractivity contribution in [3.05, 3.63) is 46.5 Å². The lowest BCUT2D eigenvalue weighted by Gasteiger charge is -2.13. The van der Waals surface area contributed by atoms with E-state index in [-0.39, 0.29) is 0 Å². The molecule has 27 heavy (non-hydrogen) atoms. The summed E-state index contributed by atoms with van der Waals surface area (Å²) in [5.74, 6) is -18.0. The van der Waals surface area contributed by atoms with Gasteiger partial charge in [0.1, 0.15) is 11.4 Å². The lowest BCUT2D eigenvalue weighted by Crippen LogP contribution is -2.10. The van der Waals surface area contributed by atoms with E-state index in [1.165, 1.54) is 0 Å². The normalized spacial score (nSPS) is 11.2. The smallest absolute Gasteiger partial charge is 0.394 e. The van der Waals surface area contributed by atoms with Gasteiger partial charge in [-0.15, -0.1) is 0 Å². The SMILES string of the molecule is Nc1c(F)c(F)c(-c2c(F)c(F)c(N)c(F)c2F)c(F)c1F.O=S(=O)(O)O. The van der Waals surface area contributed by atoms with Crippen LogP contribution in [0.1, 0.15) is 0 Å². The molecular formula is C12H6F8N2O4S. The van der Waals surface area contributed by atoms with E-state index in [0.717, 1.165) is 0 Å². The third-order valence-corrected chi connectivity index (χ3v) is 2.84. The molecule has 6 N–H and O–H groups in total. The molecule has 0 aromatic heterocycles. The summed E-state index contributed by atoms with van der Waals surface area (Å²) < 4.78 is 139. The summed E-state index contributed by atoms with van der Waals surface area (Å²) in [5, 5.41) is 0. The minimum atomic E-state index is -4.67. The van der Waals surface area contributed by atoms with E-state index < -0.39 is 79.4 Å². The molecule has 15 heteroatoms. The number of nitrogen functional groups attached to an aromatic ring is 2. The highest BCUT2D eigenvalue weighted by Crippen LogP contribution is 2.39. The molecule has 0 unspecified atom stereocenters. The Kier molecular flexibility index (Phi) is 6.25. The van der Waals surface area contributed by atoms with E-state index in [1.54, 1.807) is 0 Å². The summed E-state index contributed by atoms with van der Waals surface area (Å²) in [6.07, 6.45) is 0. The summed E-state index contributed by atoms with van der Waals surface area (Å²) in [6.45, 7) is 0. The quantitative estimate of drug-likeness (QED) is 0.240. The molecule has 0 saturated heterocycles. The number of anilines is 2. The highest BCUT2D eigenvalue weighted by Gasteiger charge is 2.32. The molecule has 0 atom stereocenters. The third-order valence-electron chi connectivity index (χ3n) is 2.84. The fourth-order valence-electron chi connectivity index (χ4n) is 1.74. The van der Waals surface area contributed by atoms with E-state index in [9.17, 15) is 35.1 Å². The van der Waals surface area contributed by atoms with E-state index in [4.69, 9.17) is 29.0 Å². The van der Waals surface area contributed by atoms with Gasteiger partial charge in [0.25, 0.3) is 0 Å². The number of nitrogens with two attached hydrogens (primary N) is 2. The first-order valence-corrected chi connectivity index (χ1v) is 7.43. The lowest BCUT2D eigenvalue weighted by molar-refractivity contribution is 0.381. The van der Waals surface area contributed by atoms with Crippen molar-refractivity contribution in [2.45, 2.75) is 0 Å². The predicted molar refractivity (Wildman–Crippen MR) is 74.5 cm³/mol. The van der Waals surface area contributed by atoms with E-state index in [0.29, 0.717) is 0 Å². The van der Waals surface area contributed by atoms with Crippen LogP contribution in [0.4, 0.5) is 46.5 Å². The van der Waals surface area contributed by atoms with Crippen LogP contribution < -0.4 is 11.5 Å². The molecule has 6 nitrogen and oxygen atoms in total. The summed E-state index contributed by atoms with van der Waals surface area (Å²) in [7, 11) is -4.67. The molecule has 0 aliphatic carbocycles. The van der Waals surface area contributed by atoms with Crippen molar-refractivity contribution in [1.29, 1.82) is 0 Å². The van der Waals surface area contributed by atoms with Gasteiger partial charge >= 0.3 is 10.4 Å². The van der Waals surface area contributed by atoms with E-state index in [1.807, 2.05) is 0 Å². The minimum absolute atomic E-state index is 1.60. The van der Waals surface area contributed by atoms with Crippen molar-refractivity contribution in [2.75, 3.05) is 11.5 Å². The van der Waals surface area contributed by atoms with Crippen molar-refractivity contribution < 1.29 is 52.6 Å². The van der Waals surface area contributed by atoms with Gasteiger partial charge in [-0.2, -0.15) is 8.42 Å². The Bertz CT molecular complexity index is 896. The fourth-order valence-corrected chi connectivity index (χ4v) is 1.74. The topological polar surface area (TPSA) is 127 Å². The molecular weight excluding hydrogens is 420 g/mol. The van der Waals surface area contributed by atoms with Crippen LogP contribution in [-0.4, -0.2) is 17.5 Å². The van der Waals surface area contributed by atoms with Crippen LogP contribution in [0.3, 0.4) is 0 Å². The minimum Gasteiger partial charge on any atom is -0.394 e. The van der Waals surface area contributed by atoms with Crippen LogP contribution in [0.25, 0.3) is 11.1 Å². The van der Waals surface area contributed by atoms with Gasteiger partial charge in [0.2, 0.25) is 0 Å². The Labute approximate surface area is 144 Å². The summed E-state index contributed by atoms with van der Waals surface area (Å²) >= 11 is 0. The second kappa shape index (κ2) is 7.53. The first-order chi connectivity index (χ1) is 12.1. The molecule has 0 bridgehead atoms. The van der Waals surface area contributed by atoms with Crippen LogP contribution in [0.15, 0.2) is 0 Å². The molecule has 0 saturated carbocycles. The van der Waals surface area contributed by atoms with Crippen LogP contribution in [-0.2, 0) is 10.4 Å². The zero-order valence-electron chi connectivity index (χ0n) is 12.3. The maximum Gasteiger partial charge on any atom is 0.394 e. The highest BCUT2D eigenvalue weighted by molar-refractivity contribution is 7.79. The number of halogens is 8. The summed E-state index contributed by atoms with van der Waals surface area (Å²) in [4.78, 5) is 0. The first kappa shape index (κ1) is 22.4. The van der Waals surface area contributed by atoms with Crippen molar-refractivity contribution in [2.24, 2.45) is 0 Å². The zero-order valence-corrected chi connectivity index (χ0v) is 13.1. The van der Waals surface area contributed by atoms with Gasteiger partial charge in [0, 0.05) is 0 Å². The van der Waals surface area contributed by atoms with Crippen molar-refractivity contribution in [3.8, 4) is 11.1 Å². The Morgan fingerprint density at radius 2 is 0.667 bits per heavy atom. The highest BCUT2D eigenvalue weighted by atomic mass is 32.3. The molecule has 0 radical (unpaired) electrons. The molecule has 150 valence electrons. The molecule has 0 amide bonds. The van der Waals surface area contributed by atoms with Crippen LogP contribution in [0.5, 0.6) is 0 Å². The third kappa shape index (κ3) is 4.37.